The minimum atomic E-state index is 0.208. The third-order valence-electron chi connectivity index (χ3n) is 6.07. The van der Waals surface area contributed by atoms with Crippen molar-refractivity contribution in [3.8, 4) is 5.75 Å². The molecule has 144 valence electrons. The second-order valence-electron chi connectivity index (χ2n) is 7.99. The minimum Gasteiger partial charge on any atom is -0.490 e. The van der Waals surface area contributed by atoms with Gasteiger partial charge in [0.2, 0.25) is 5.91 Å². The molecule has 1 saturated carbocycles. The number of carbonyl (C=O) groups excluding carboxylic acids is 1. The number of carbonyl (C=O) groups is 1. The molecule has 27 heavy (non-hydrogen) atoms. The number of aromatic nitrogens is 1. The number of likely N-dealkylation sites (tertiary alicyclic amines) is 1. The zero-order chi connectivity index (χ0) is 18.6. The van der Waals surface area contributed by atoms with Crippen molar-refractivity contribution in [1.82, 2.24) is 15.2 Å². The van der Waals surface area contributed by atoms with Crippen LogP contribution in [0.5, 0.6) is 5.75 Å². The van der Waals surface area contributed by atoms with E-state index in [4.69, 9.17) is 4.74 Å². The van der Waals surface area contributed by atoms with Crippen molar-refractivity contribution in [2.75, 3.05) is 13.6 Å². The maximum Gasteiger partial charge on any atom is 0.221 e. The maximum absolute atomic E-state index is 12.4. The number of fused-ring (bicyclic) bond motifs is 1. The quantitative estimate of drug-likeness (QED) is 0.878. The molecule has 1 N–H and O–H groups in total. The maximum atomic E-state index is 12.4. The van der Waals surface area contributed by atoms with Gasteiger partial charge < -0.3 is 15.0 Å². The molecule has 1 aliphatic heterocycles. The molecule has 2 aromatic rings. The number of nitrogens with zero attached hydrogens (tertiary/aromatic N) is 2. The van der Waals surface area contributed by atoms with Crippen LogP contribution >= 0.6 is 0 Å². The van der Waals surface area contributed by atoms with E-state index in [1.54, 1.807) is 0 Å². The van der Waals surface area contributed by atoms with Gasteiger partial charge in [0, 0.05) is 41.7 Å². The van der Waals surface area contributed by atoms with Crippen molar-refractivity contribution >= 4 is 16.7 Å². The van der Waals surface area contributed by atoms with Crippen LogP contribution in [-0.4, -0.2) is 47.6 Å². The van der Waals surface area contributed by atoms with E-state index >= 15 is 0 Å². The molecular weight excluding hydrogens is 338 g/mol. The van der Waals surface area contributed by atoms with Gasteiger partial charge in [-0.15, -0.1) is 0 Å². The first-order valence-electron chi connectivity index (χ1n) is 10.2. The van der Waals surface area contributed by atoms with E-state index in [0.29, 0.717) is 18.5 Å². The Balaban J connectivity index is 1.27. The highest BCUT2D eigenvalue weighted by Crippen LogP contribution is 2.29. The van der Waals surface area contributed by atoms with Gasteiger partial charge in [-0.3, -0.25) is 9.78 Å². The summed E-state index contributed by atoms with van der Waals surface area (Å²) in [6.45, 7) is 1.12. The molecule has 1 aromatic carbocycles. The number of amides is 1. The number of nitrogens with one attached hydrogen (secondary N) is 1. The van der Waals surface area contributed by atoms with Crippen LogP contribution in [0.3, 0.4) is 0 Å². The van der Waals surface area contributed by atoms with Crippen LogP contribution in [0.15, 0.2) is 36.7 Å². The Morgan fingerprint density at radius 3 is 2.85 bits per heavy atom. The van der Waals surface area contributed by atoms with Gasteiger partial charge >= 0.3 is 0 Å². The summed E-state index contributed by atoms with van der Waals surface area (Å²) in [6.07, 6.45) is 10.8. The Bertz CT molecular complexity index is 781. The lowest BCUT2D eigenvalue weighted by molar-refractivity contribution is -0.123. The van der Waals surface area contributed by atoms with Gasteiger partial charge in [-0.25, -0.2) is 0 Å². The highest BCUT2D eigenvalue weighted by molar-refractivity contribution is 5.87. The van der Waals surface area contributed by atoms with Crippen molar-refractivity contribution in [2.45, 2.75) is 63.1 Å². The summed E-state index contributed by atoms with van der Waals surface area (Å²) < 4.78 is 6.30. The van der Waals surface area contributed by atoms with E-state index in [-0.39, 0.29) is 12.0 Å². The van der Waals surface area contributed by atoms with Gasteiger partial charge in [0.15, 0.2) is 0 Å². The van der Waals surface area contributed by atoms with Crippen LogP contribution in [-0.2, 0) is 4.79 Å². The van der Waals surface area contributed by atoms with Crippen LogP contribution < -0.4 is 10.1 Å². The SMILES string of the molecule is CN1CCCC1CC(=O)NC1CCC(Oc2cccc3cnccc23)CC1. The summed E-state index contributed by atoms with van der Waals surface area (Å²) >= 11 is 0. The lowest BCUT2D eigenvalue weighted by atomic mass is 9.92. The van der Waals surface area contributed by atoms with Crippen LogP contribution in [0.1, 0.15) is 44.9 Å². The lowest BCUT2D eigenvalue weighted by Crippen LogP contribution is -2.41. The average molecular weight is 367 g/mol. The lowest BCUT2D eigenvalue weighted by Gasteiger charge is -2.30. The molecule has 1 saturated heterocycles. The van der Waals surface area contributed by atoms with Crippen LogP contribution in [0.2, 0.25) is 0 Å². The predicted octanol–water partition coefficient (Wildman–Crippen LogP) is 3.53. The molecule has 1 aliphatic carbocycles. The molecule has 1 atom stereocenters. The zero-order valence-electron chi connectivity index (χ0n) is 16.1. The molecule has 5 heteroatoms. The summed E-state index contributed by atoms with van der Waals surface area (Å²) in [5, 5.41) is 5.47. The smallest absolute Gasteiger partial charge is 0.221 e. The van der Waals surface area contributed by atoms with E-state index in [2.05, 4.69) is 28.3 Å². The summed E-state index contributed by atoms with van der Waals surface area (Å²) in [4.78, 5) is 18.8. The van der Waals surface area contributed by atoms with E-state index in [1.165, 1.54) is 6.42 Å². The van der Waals surface area contributed by atoms with Crippen molar-refractivity contribution < 1.29 is 9.53 Å². The fraction of sp³-hybridized carbons (Fsp3) is 0.545. The molecular formula is C22H29N3O2. The molecule has 1 unspecified atom stereocenters. The average Bonchev–Trinajstić information content (AvgIpc) is 3.08. The van der Waals surface area contributed by atoms with Gasteiger partial charge in [-0.05, 0) is 64.3 Å². The third kappa shape index (κ3) is 4.41. The van der Waals surface area contributed by atoms with Crippen LogP contribution in [0, 0.1) is 0 Å². The first-order valence-corrected chi connectivity index (χ1v) is 10.2. The Morgan fingerprint density at radius 1 is 1.22 bits per heavy atom. The van der Waals surface area contributed by atoms with Gasteiger partial charge in [0.1, 0.15) is 5.75 Å². The molecule has 5 nitrogen and oxygen atoms in total. The van der Waals surface area contributed by atoms with Crippen molar-refractivity contribution in [1.29, 1.82) is 0 Å². The molecule has 0 radical (unpaired) electrons. The monoisotopic (exact) mass is 367 g/mol. The Hall–Kier alpha value is -2.14. The molecule has 1 aromatic heterocycles. The predicted molar refractivity (Wildman–Crippen MR) is 107 cm³/mol. The fourth-order valence-corrected chi connectivity index (χ4v) is 4.44. The number of hydrogen-bond donors (Lipinski definition) is 1. The third-order valence-corrected chi connectivity index (χ3v) is 6.07. The van der Waals surface area contributed by atoms with E-state index in [0.717, 1.165) is 55.2 Å². The van der Waals surface area contributed by atoms with Gasteiger partial charge in [0.25, 0.3) is 0 Å². The topological polar surface area (TPSA) is 54.5 Å². The standard InChI is InChI=1S/C22H29N3O2/c1-25-13-3-5-18(25)14-22(26)24-17-7-9-19(10-8-17)27-21-6-2-4-16-15-23-12-11-20(16)21/h2,4,6,11-12,15,17-19H,3,5,7-10,13-14H2,1H3,(H,24,26). The summed E-state index contributed by atoms with van der Waals surface area (Å²) in [5.74, 6) is 1.14. The van der Waals surface area contributed by atoms with E-state index in [1.807, 2.05) is 30.6 Å². The molecule has 1 amide bonds. The highest BCUT2D eigenvalue weighted by atomic mass is 16.5. The Kier molecular flexibility index (Phi) is 5.58. The summed E-state index contributed by atoms with van der Waals surface area (Å²) in [5.41, 5.74) is 0. The number of ether oxygens (including phenoxy) is 1. The fourth-order valence-electron chi connectivity index (χ4n) is 4.44. The van der Waals surface area contributed by atoms with E-state index in [9.17, 15) is 4.79 Å². The molecule has 2 heterocycles. The van der Waals surface area contributed by atoms with Crippen LogP contribution in [0.25, 0.3) is 10.8 Å². The number of rotatable bonds is 5. The summed E-state index contributed by atoms with van der Waals surface area (Å²) in [7, 11) is 2.12. The number of hydrogen-bond acceptors (Lipinski definition) is 4. The molecule has 2 fully saturated rings. The Labute approximate surface area is 161 Å². The Morgan fingerprint density at radius 2 is 2.07 bits per heavy atom. The first kappa shape index (κ1) is 18.2. The van der Waals surface area contributed by atoms with Crippen LogP contribution in [0.4, 0.5) is 0 Å². The van der Waals surface area contributed by atoms with Gasteiger partial charge in [-0.1, -0.05) is 12.1 Å². The second-order valence-corrected chi connectivity index (χ2v) is 7.99. The number of benzene rings is 1. The highest BCUT2D eigenvalue weighted by Gasteiger charge is 2.27. The van der Waals surface area contributed by atoms with Crippen molar-refractivity contribution in [3.05, 3.63) is 36.7 Å². The number of pyridine rings is 1. The van der Waals surface area contributed by atoms with E-state index < -0.39 is 0 Å². The molecule has 4 rings (SSSR count). The zero-order valence-corrected chi connectivity index (χ0v) is 16.1. The molecule has 0 bridgehead atoms. The first-order chi connectivity index (χ1) is 13.2. The molecule has 2 aliphatic rings. The van der Waals surface area contributed by atoms with Gasteiger partial charge in [-0.2, -0.15) is 0 Å². The van der Waals surface area contributed by atoms with Crippen molar-refractivity contribution in [2.24, 2.45) is 0 Å². The minimum absolute atomic E-state index is 0.208. The molecule has 0 spiro atoms. The van der Waals surface area contributed by atoms with Crippen molar-refractivity contribution in [3.63, 3.8) is 0 Å². The normalized spacial score (nSPS) is 26.2. The largest absolute Gasteiger partial charge is 0.490 e. The van der Waals surface area contributed by atoms with Gasteiger partial charge in [0.05, 0.1) is 6.10 Å². The second kappa shape index (κ2) is 8.26. The summed E-state index contributed by atoms with van der Waals surface area (Å²) in [6, 6.07) is 8.84.